The van der Waals surface area contributed by atoms with Gasteiger partial charge in [-0.1, -0.05) is 32.0 Å². The number of carbonyl (C=O) groups excluding carboxylic acids is 1. The van der Waals surface area contributed by atoms with Crippen molar-refractivity contribution in [2.45, 2.75) is 19.8 Å². The Hall–Kier alpha value is -2.23. The average Bonchev–Trinajstić information content (AvgIpc) is 2.39. The summed E-state index contributed by atoms with van der Waals surface area (Å²) in [5, 5.41) is 2.73. The zero-order valence-electron chi connectivity index (χ0n) is 10.9. The van der Waals surface area contributed by atoms with Gasteiger partial charge >= 0.3 is 0 Å². The average molecular weight is 258 g/mol. The fourth-order valence-corrected chi connectivity index (χ4v) is 1.86. The van der Waals surface area contributed by atoms with Gasteiger partial charge in [0.25, 0.3) is 5.91 Å². The summed E-state index contributed by atoms with van der Waals surface area (Å²) < 4.78 is 13.4. The van der Waals surface area contributed by atoms with Crippen LogP contribution in [0.25, 0.3) is 0 Å². The van der Waals surface area contributed by atoms with E-state index in [0.29, 0.717) is 5.69 Å². The van der Waals surface area contributed by atoms with E-state index in [-0.39, 0.29) is 11.5 Å². The normalized spacial score (nSPS) is 10.5. The van der Waals surface area contributed by atoms with E-state index in [1.165, 1.54) is 18.3 Å². The second-order valence-corrected chi connectivity index (χ2v) is 4.54. The Bertz CT molecular complexity index is 596. The van der Waals surface area contributed by atoms with Crippen LogP contribution in [0.15, 0.2) is 42.6 Å². The minimum absolute atomic E-state index is 0.0546. The number of amides is 1. The van der Waals surface area contributed by atoms with E-state index in [2.05, 4.69) is 10.3 Å². The first-order valence-corrected chi connectivity index (χ1v) is 6.10. The first-order chi connectivity index (χ1) is 9.09. The molecular weight excluding hydrogens is 243 g/mol. The molecule has 0 aliphatic carbocycles. The quantitative estimate of drug-likeness (QED) is 0.855. The molecule has 98 valence electrons. The number of benzene rings is 1. The summed E-state index contributed by atoms with van der Waals surface area (Å²) in [4.78, 5) is 15.5. The minimum Gasteiger partial charge on any atom is -0.322 e. The van der Waals surface area contributed by atoms with Gasteiger partial charge in [0.2, 0.25) is 5.95 Å². The summed E-state index contributed by atoms with van der Waals surface area (Å²) in [7, 11) is 0. The molecule has 0 unspecified atom stereocenters. The second-order valence-electron chi connectivity index (χ2n) is 4.54. The molecule has 0 aliphatic rings. The van der Waals surface area contributed by atoms with E-state index in [9.17, 15) is 9.18 Å². The fraction of sp³-hybridized carbons (Fsp3) is 0.200. The van der Waals surface area contributed by atoms with Crippen LogP contribution in [0.3, 0.4) is 0 Å². The van der Waals surface area contributed by atoms with Crippen molar-refractivity contribution in [1.82, 2.24) is 4.98 Å². The molecule has 4 heteroatoms. The smallest absolute Gasteiger partial charge is 0.260 e. The van der Waals surface area contributed by atoms with Crippen molar-refractivity contribution < 1.29 is 9.18 Å². The molecule has 1 N–H and O–H groups in total. The van der Waals surface area contributed by atoms with E-state index in [1.54, 1.807) is 0 Å². The van der Waals surface area contributed by atoms with Crippen LogP contribution in [0.5, 0.6) is 0 Å². The van der Waals surface area contributed by atoms with Crippen LogP contribution < -0.4 is 5.32 Å². The predicted octanol–water partition coefficient (Wildman–Crippen LogP) is 3.60. The number of halogens is 1. The molecule has 0 radical (unpaired) electrons. The summed E-state index contributed by atoms with van der Waals surface area (Å²) in [6.07, 6.45) is 1.31. The van der Waals surface area contributed by atoms with Crippen LogP contribution in [0, 0.1) is 5.95 Å². The number of pyridine rings is 1. The number of carbonyl (C=O) groups is 1. The number of rotatable bonds is 3. The van der Waals surface area contributed by atoms with Crippen molar-refractivity contribution in [2.75, 3.05) is 5.32 Å². The third-order valence-corrected chi connectivity index (χ3v) is 2.83. The lowest BCUT2D eigenvalue weighted by atomic mass is 10.0. The van der Waals surface area contributed by atoms with E-state index in [4.69, 9.17) is 0 Å². The second kappa shape index (κ2) is 5.61. The lowest BCUT2D eigenvalue weighted by Crippen LogP contribution is -2.15. The van der Waals surface area contributed by atoms with Gasteiger partial charge in [-0.15, -0.1) is 0 Å². The molecule has 0 aliphatic heterocycles. The Morgan fingerprint density at radius 3 is 2.63 bits per heavy atom. The van der Waals surface area contributed by atoms with Gasteiger partial charge in [0.15, 0.2) is 0 Å². The zero-order valence-corrected chi connectivity index (χ0v) is 10.9. The Morgan fingerprint density at radius 1 is 1.21 bits per heavy atom. The van der Waals surface area contributed by atoms with Crippen molar-refractivity contribution in [2.24, 2.45) is 0 Å². The SMILES string of the molecule is CC(C)c1ccccc1NC(=O)c1cccnc1F. The van der Waals surface area contributed by atoms with Crippen molar-refractivity contribution in [3.05, 3.63) is 59.7 Å². The molecule has 1 heterocycles. The minimum atomic E-state index is -0.762. The third kappa shape index (κ3) is 2.96. The number of para-hydroxylation sites is 1. The maximum absolute atomic E-state index is 13.4. The van der Waals surface area contributed by atoms with Gasteiger partial charge in [-0.25, -0.2) is 4.98 Å². The van der Waals surface area contributed by atoms with Crippen molar-refractivity contribution in [3.63, 3.8) is 0 Å². The number of hydrogen-bond acceptors (Lipinski definition) is 2. The standard InChI is InChI=1S/C15H15FN2O/c1-10(2)11-6-3-4-8-13(11)18-15(19)12-7-5-9-17-14(12)16/h3-10H,1-2H3,(H,18,19). The van der Waals surface area contributed by atoms with Gasteiger partial charge in [-0.2, -0.15) is 4.39 Å². The molecule has 0 spiro atoms. The van der Waals surface area contributed by atoms with Gasteiger partial charge in [0.05, 0.1) is 5.56 Å². The lowest BCUT2D eigenvalue weighted by Gasteiger charge is -2.13. The molecule has 0 saturated carbocycles. The topological polar surface area (TPSA) is 42.0 Å². The van der Waals surface area contributed by atoms with Crippen LogP contribution in [-0.2, 0) is 0 Å². The van der Waals surface area contributed by atoms with Crippen LogP contribution in [-0.4, -0.2) is 10.9 Å². The van der Waals surface area contributed by atoms with Gasteiger partial charge in [-0.3, -0.25) is 4.79 Å². The third-order valence-electron chi connectivity index (χ3n) is 2.83. The summed E-state index contributed by atoms with van der Waals surface area (Å²) in [5.41, 5.74) is 1.66. The highest BCUT2D eigenvalue weighted by molar-refractivity contribution is 6.04. The van der Waals surface area contributed by atoms with Crippen molar-refractivity contribution in [1.29, 1.82) is 0 Å². The Kier molecular flexibility index (Phi) is 3.90. The van der Waals surface area contributed by atoms with Gasteiger partial charge in [0.1, 0.15) is 0 Å². The van der Waals surface area contributed by atoms with E-state index >= 15 is 0 Å². The van der Waals surface area contributed by atoms with Crippen molar-refractivity contribution in [3.8, 4) is 0 Å². The summed E-state index contributed by atoms with van der Waals surface area (Å²) >= 11 is 0. The Labute approximate surface area is 111 Å². The first-order valence-electron chi connectivity index (χ1n) is 6.10. The first kappa shape index (κ1) is 13.2. The molecular formula is C15H15FN2O. The number of nitrogens with zero attached hydrogens (tertiary/aromatic N) is 1. The highest BCUT2D eigenvalue weighted by atomic mass is 19.1. The molecule has 2 aromatic rings. The van der Waals surface area contributed by atoms with E-state index < -0.39 is 11.9 Å². The molecule has 0 bridgehead atoms. The highest BCUT2D eigenvalue weighted by Crippen LogP contribution is 2.24. The van der Waals surface area contributed by atoms with E-state index in [0.717, 1.165) is 5.56 Å². The summed E-state index contributed by atoms with van der Waals surface area (Å²) in [5.74, 6) is -0.976. The fourth-order valence-electron chi connectivity index (χ4n) is 1.86. The lowest BCUT2D eigenvalue weighted by molar-refractivity contribution is 0.102. The number of nitrogens with one attached hydrogen (secondary N) is 1. The zero-order chi connectivity index (χ0) is 13.8. The molecule has 2 rings (SSSR count). The Balaban J connectivity index is 2.27. The molecule has 3 nitrogen and oxygen atoms in total. The van der Waals surface area contributed by atoms with Crippen molar-refractivity contribution >= 4 is 11.6 Å². The maximum atomic E-state index is 13.4. The monoisotopic (exact) mass is 258 g/mol. The van der Waals surface area contributed by atoms with E-state index in [1.807, 2.05) is 38.1 Å². The molecule has 0 atom stereocenters. The van der Waals surface area contributed by atoms with Crippen LogP contribution in [0.1, 0.15) is 35.7 Å². The Morgan fingerprint density at radius 2 is 1.95 bits per heavy atom. The maximum Gasteiger partial charge on any atom is 0.260 e. The van der Waals surface area contributed by atoms with Crippen LogP contribution >= 0.6 is 0 Å². The molecule has 19 heavy (non-hydrogen) atoms. The predicted molar refractivity (Wildman–Crippen MR) is 72.7 cm³/mol. The molecule has 0 fully saturated rings. The molecule has 1 aromatic carbocycles. The van der Waals surface area contributed by atoms with Gasteiger partial charge < -0.3 is 5.32 Å². The number of aromatic nitrogens is 1. The number of anilines is 1. The van der Waals surface area contributed by atoms with Gasteiger partial charge in [0, 0.05) is 11.9 Å². The van der Waals surface area contributed by atoms with Crippen LogP contribution in [0.2, 0.25) is 0 Å². The van der Waals surface area contributed by atoms with Gasteiger partial charge in [-0.05, 0) is 29.7 Å². The molecule has 1 aromatic heterocycles. The van der Waals surface area contributed by atoms with Crippen LogP contribution in [0.4, 0.5) is 10.1 Å². The molecule has 0 saturated heterocycles. The largest absolute Gasteiger partial charge is 0.322 e. The highest BCUT2D eigenvalue weighted by Gasteiger charge is 2.14. The summed E-state index contributed by atoms with van der Waals surface area (Å²) in [6, 6.07) is 10.4. The molecule has 1 amide bonds. The summed E-state index contributed by atoms with van der Waals surface area (Å²) in [6.45, 7) is 4.07. The number of hydrogen-bond donors (Lipinski definition) is 1.